The van der Waals surface area contributed by atoms with Gasteiger partial charge in [-0.2, -0.15) is 10.2 Å². The normalized spacial score (nSPS) is 33.4. The predicted octanol–water partition coefficient (Wildman–Crippen LogP) is 10.3. The van der Waals surface area contributed by atoms with Crippen molar-refractivity contribution in [3.8, 4) is 34.2 Å². The molecule has 0 unspecified atom stereocenters. The van der Waals surface area contributed by atoms with Crippen molar-refractivity contribution in [3.05, 3.63) is 94.5 Å². The zero-order valence-corrected chi connectivity index (χ0v) is 30.2. The molecular weight excluding hydrogens is 653 g/mol. The van der Waals surface area contributed by atoms with Crippen molar-refractivity contribution in [2.75, 3.05) is 0 Å². The lowest BCUT2D eigenvalue weighted by atomic mass is 9.53. The van der Waals surface area contributed by atoms with Crippen LogP contribution in [-0.4, -0.2) is 28.7 Å². The van der Waals surface area contributed by atoms with E-state index in [1.54, 1.807) is 0 Å². The molecule has 8 heteroatoms. The molecule has 0 N–H and O–H groups in total. The third kappa shape index (κ3) is 4.49. The molecule has 2 heterocycles. The first-order valence-corrected chi connectivity index (χ1v) is 19.9. The monoisotopic (exact) mass is 696 g/mol. The van der Waals surface area contributed by atoms with E-state index in [1.807, 2.05) is 0 Å². The molecule has 8 aliphatic rings. The topological polar surface area (TPSA) is 45.5 Å². The fraction of sp³-hybridized carbons (Fsp3) is 0.476. The number of aromatic nitrogens is 6. The van der Waals surface area contributed by atoms with Crippen LogP contribution in [0.4, 0.5) is 0 Å². The van der Waals surface area contributed by atoms with Gasteiger partial charge in [0.15, 0.2) is 11.6 Å². The van der Waals surface area contributed by atoms with Crippen molar-refractivity contribution in [1.82, 2.24) is 28.7 Å². The average molecular weight is 697 g/mol. The molecule has 2 aromatic heterocycles. The van der Waals surface area contributed by atoms with Crippen LogP contribution in [0, 0.1) is 45.0 Å². The first kappa shape index (κ1) is 30.0. The number of hydrogen-bond acceptors (Lipinski definition) is 4. The molecule has 8 saturated carbocycles. The van der Waals surface area contributed by atoms with Crippen LogP contribution in [0.3, 0.4) is 0 Å². The van der Waals surface area contributed by atoms with E-state index in [1.165, 1.54) is 77.0 Å². The molecule has 5 aromatic rings. The molecule has 3 aromatic carbocycles. The summed E-state index contributed by atoms with van der Waals surface area (Å²) < 4.78 is 10.7. The molecule has 0 aliphatic heterocycles. The van der Waals surface area contributed by atoms with Crippen molar-refractivity contribution >= 4 is 24.4 Å². The summed E-state index contributed by atoms with van der Waals surface area (Å²) in [6, 6.07) is 30.0. The number of benzene rings is 3. The molecule has 8 aliphatic carbocycles. The largest absolute Gasteiger partial charge is 0.268 e. The van der Waals surface area contributed by atoms with Crippen molar-refractivity contribution < 1.29 is 0 Å². The Morgan fingerprint density at radius 2 is 0.800 bits per heavy atom. The van der Waals surface area contributed by atoms with E-state index < -0.39 is 0 Å². The minimum absolute atomic E-state index is 0.0280. The van der Waals surface area contributed by atoms with Crippen LogP contribution in [-0.2, 0) is 11.1 Å². The molecule has 0 spiro atoms. The Balaban J connectivity index is 1.08. The van der Waals surface area contributed by atoms with Gasteiger partial charge in [0.25, 0.3) is 0 Å². The van der Waals surface area contributed by atoms with E-state index in [0.29, 0.717) is 0 Å². The molecule has 0 atom stereocenters. The Morgan fingerprint density at radius 3 is 1.14 bits per heavy atom. The molecule has 50 heavy (non-hydrogen) atoms. The highest BCUT2D eigenvalue weighted by Gasteiger charge is 2.54. The summed E-state index contributed by atoms with van der Waals surface area (Å²) >= 11 is 13.0. The SMILES string of the molecule is S=c1n(C23CC4CC(CC(C4)C2)C3)nc(-c2ccccc2)n1-c1cccc(-n2c(-c3ccccc3)nn(C34CC5CC(CC(C5)C3)C4)c2=S)c1. The second kappa shape index (κ2) is 10.9. The first-order chi connectivity index (χ1) is 24.4. The van der Waals surface area contributed by atoms with Gasteiger partial charge in [-0.1, -0.05) is 66.7 Å². The summed E-state index contributed by atoms with van der Waals surface area (Å²) in [4.78, 5) is 0. The Hall–Kier alpha value is -3.62. The molecular formula is C42H44N6S2. The van der Waals surface area contributed by atoms with Crippen molar-refractivity contribution in [2.24, 2.45) is 35.5 Å². The second-order valence-corrected chi connectivity index (χ2v) is 18.0. The maximum Gasteiger partial charge on any atom is 0.203 e. The highest BCUT2D eigenvalue weighted by Crippen LogP contribution is 2.60. The summed E-state index contributed by atoms with van der Waals surface area (Å²) in [6.07, 6.45) is 15.6. The smallest absolute Gasteiger partial charge is 0.203 e. The molecule has 0 saturated heterocycles. The Morgan fingerprint density at radius 1 is 0.460 bits per heavy atom. The maximum atomic E-state index is 6.49. The zero-order valence-electron chi connectivity index (χ0n) is 28.5. The number of rotatable bonds is 6. The summed E-state index contributed by atoms with van der Waals surface area (Å²) in [5, 5.41) is 10.9. The number of hydrogen-bond donors (Lipinski definition) is 0. The summed E-state index contributed by atoms with van der Waals surface area (Å²) in [5.41, 5.74) is 4.27. The van der Waals surface area contributed by atoms with Crippen molar-refractivity contribution in [2.45, 2.75) is 88.1 Å². The molecule has 0 amide bonds. The Labute approximate surface area is 304 Å². The average Bonchev–Trinajstić information content (AvgIpc) is 3.66. The van der Waals surface area contributed by atoms with Crippen LogP contribution in [0.15, 0.2) is 84.9 Å². The number of nitrogens with zero attached hydrogens (tertiary/aromatic N) is 6. The lowest BCUT2D eigenvalue weighted by molar-refractivity contribution is -0.0504. The van der Waals surface area contributed by atoms with Crippen LogP contribution < -0.4 is 0 Å². The quantitative estimate of drug-likeness (QED) is 0.166. The highest BCUT2D eigenvalue weighted by atomic mass is 32.1. The molecule has 254 valence electrons. The summed E-state index contributed by atoms with van der Waals surface area (Å²) in [7, 11) is 0. The van der Waals surface area contributed by atoms with Gasteiger partial charge in [-0.15, -0.1) is 0 Å². The van der Waals surface area contributed by atoms with Gasteiger partial charge in [-0.05, 0) is 155 Å². The van der Waals surface area contributed by atoms with Gasteiger partial charge in [0.2, 0.25) is 9.54 Å². The fourth-order valence-corrected chi connectivity index (χ4v) is 13.6. The van der Waals surface area contributed by atoms with E-state index in [0.717, 1.165) is 79.2 Å². The minimum atomic E-state index is 0.0280. The van der Waals surface area contributed by atoms with Gasteiger partial charge in [-0.25, -0.2) is 9.36 Å². The van der Waals surface area contributed by atoms with Crippen molar-refractivity contribution in [3.63, 3.8) is 0 Å². The summed E-state index contributed by atoms with van der Waals surface area (Å²) in [5.74, 6) is 6.67. The third-order valence-corrected chi connectivity index (χ3v) is 14.6. The van der Waals surface area contributed by atoms with Gasteiger partial charge < -0.3 is 0 Å². The highest BCUT2D eigenvalue weighted by molar-refractivity contribution is 7.71. The van der Waals surface area contributed by atoms with E-state index in [2.05, 4.69) is 103 Å². The molecule has 8 fully saturated rings. The summed E-state index contributed by atoms with van der Waals surface area (Å²) in [6.45, 7) is 0. The van der Waals surface area contributed by atoms with Gasteiger partial charge in [0, 0.05) is 11.1 Å². The third-order valence-electron chi connectivity index (χ3n) is 13.9. The Kier molecular flexibility index (Phi) is 6.58. The van der Waals surface area contributed by atoms with Crippen LogP contribution in [0.25, 0.3) is 34.2 Å². The molecule has 6 nitrogen and oxygen atoms in total. The zero-order chi connectivity index (χ0) is 33.2. The maximum absolute atomic E-state index is 6.49. The molecule has 8 bridgehead atoms. The first-order valence-electron chi connectivity index (χ1n) is 19.1. The van der Waals surface area contributed by atoms with Gasteiger partial charge in [0.1, 0.15) is 0 Å². The van der Waals surface area contributed by atoms with E-state index >= 15 is 0 Å². The Bertz CT molecular complexity index is 2010. The van der Waals surface area contributed by atoms with Crippen LogP contribution >= 0.6 is 24.4 Å². The lowest BCUT2D eigenvalue weighted by Crippen LogP contribution is -2.52. The van der Waals surface area contributed by atoms with Gasteiger partial charge >= 0.3 is 0 Å². The molecule has 13 rings (SSSR count). The van der Waals surface area contributed by atoms with Gasteiger partial charge in [0.05, 0.1) is 22.5 Å². The van der Waals surface area contributed by atoms with Crippen LogP contribution in [0.1, 0.15) is 77.0 Å². The molecule has 0 radical (unpaired) electrons. The van der Waals surface area contributed by atoms with E-state index in [4.69, 9.17) is 34.6 Å². The van der Waals surface area contributed by atoms with Crippen molar-refractivity contribution in [1.29, 1.82) is 0 Å². The predicted molar refractivity (Wildman–Crippen MR) is 201 cm³/mol. The van der Waals surface area contributed by atoms with Crippen LogP contribution in [0.2, 0.25) is 0 Å². The lowest BCUT2D eigenvalue weighted by Gasteiger charge is -2.56. The van der Waals surface area contributed by atoms with E-state index in [9.17, 15) is 0 Å². The standard InChI is InChI=1S/C42H44N6S2/c49-39-45(37(33-8-3-1-4-9-33)43-47(39)41-21-27-14-28(22-41)16-29(15-27)23-41)35-12-7-13-36(20-35)46-38(34-10-5-2-6-11-34)44-48(40(46)50)42-24-30-17-31(25-42)19-32(18-30)26-42/h1-13,20,27-32H,14-19,21-26H2. The van der Waals surface area contributed by atoms with Crippen LogP contribution in [0.5, 0.6) is 0 Å². The second-order valence-electron chi connectivity index (χ2n) is 17.2. The van der Waals surface area contributed by atoms with Gasteiger partial charge in [-0.3, -0.25) is 9.13 Å². The minimum Gasteiger partial charge on any atom is -0.268 e. The van der Waals surface area contributed by atoms with E-state index in [-0.39, 0.29) is 11.1 Å². The fourth-order valence-electron chi connectivity index (χ4n) is 12.8.